The van der Waals surface area contributed by atoms with Gasteiger partial charge in [-0.05, 0) is 43.9 Å². The van der Waals surface area contributed by atoms with Crippen molar-refractivity contribution in [2.24, 2.45) is 0 Å². The van der Waals surface area contributed by atoms with Gasteiger partial charge in [-0.3, -0.25) is 4.79 Å². The SMILES string of the molecule is Nc1cc(Br)cc(C(=O)N2CCCCC2CCO)c1. The first kappa shape index (κ1) is 14.3. The van der Waals surface area contributed by atoms with Crippen molar-refractivity contribution < 1.29 is 9.90 Å². The maximum Gasteiger partial charge on any atom is 0.254 e. The van der Waals surface area contributed by atoms with Gasteiger partial charge < -0.3 is 15.7 Å². The van der Waals surface area contributed by atoms with Crippen molar-refractivity contribution in [2.75, 3.05) is 18.9 Å². The minimum atomic E-state index is 0.00569. The number of halogens is 1. The molecule has 0 bridgehead atoms. The first-order chi connectivity index (χ1) is 9.11. The Labute approximate surface area is 121 Å². The lowest BCUT2D eigenvalue weighted by Crippen LogP contribution is -2.44. The summed E-state index contributed by atoms with van der Waals surface area (Å²) in [7, 11) is 0. The van der Waals surface area contributed by atoms with Gasteiger partial charge in [0.2, 0.25) is 0 Å². The molecule has 104 valence electrons. The largest absolute Gasteiger partial charge is 0.399 e. The molecule has 1 fully saturated rings. The normalized spacial score (nSPS) is 19.5. The van der Waals surface area contributed by atoms with Crippen molar-refractivity contribution >= 4 is 27.5 Å². The second-order valence-corrected chi connectivity index (χ2v) is 5.85. The van der Waals surface area contributed by atoms with E-state index in [1.165, 1.54) is 0 Å². The van der Waals surface area contributed by atoms with Crippen LogP contribution in [0.15, 0.2) is 22.7 Å². The summed E-state index contributed by atoms with van der Waals surface area (Å²) in [6.07, 6.45) is 3.76. The van der Waals surface area contributed by atoms with Gasteiger partial charge in [-0.15, -0.1) is 0 Å². The summed E-state index contributed by atoms with van der Waals surface area (Å²) in [6, 6.07) is 5.42. The average Bonchev–Trinajstić information content (AvgIpc) is 2.38. The van der Waals surface area contributed by atoms with Gasteiger partial charge in [0, 0.05) is 34.9 Å². The van der Waals surface area contributed by atoms with Crippen LogP contribution in [0.5, 0.6) is 0 Å². The standard InChI is InChI=1S/C14H19BrN2O2/c15-11-7-10(8-12(16)9-11)14(19)17-5-2-1-3-13(17)4-6-18/h7-9,13,18H,1-6,16H2. The summed E-state index contributed by atoms with van der Waals surface area (Å²) in [6.45, 7) is 0.880. The molecule has 2 rings (SSSR count). The number of nitrogen functional groups attached to an aromatic ring is 1. The van der Waals surface area contributed by atoms with Crippen LogP contribution < -0.4 is 5.73 Å². The molecule has 1 heterocycles. The minimum absolute atomic E-state index is 0.00569. The van der Waals surface area contributed by atoms with E-state index >= 15 is 0 Å². The van der Waals surface area contributed by atoms with Crippen molar-refractivity contribution in [3.63, 3.8) is 0 Å². The van der Waals surface area contributed by atoms with Crippen molar-refractivity contribution in [1.82, 2.24) is 4.90 Å². The number of nitrogens with zero attached hydrogens (tertiary/aromatic N) is 1. The van der Waals surface area contributed by atoms with Gasteiger partial charge in [-0.1, -0.05) is 15.9 Å². The highest BCUT2D eigenvalue weighted by molar-refractivity contribution is 9.10. The summed E-state index contributed by atoms with van der Waals surface area (Å²) >= 11 is 3.36. The van der Waals surface area contributed by atoms with Gasteiger partial charge in [-0.25, -0.2) is 0 Å². The molecule has 0 aromatic heterocycles. The maximum absolute atomic E-state index is 12.6. The number of aliphatic hydroxyl groups excluding tert-OH is 1. The molecule has 3 N–H and O–H groups in total. The Morgan fingerprint density at radius 2 is 2.21 bits per heavy atom. The second kappa shape index (κ2) is 6.39. The first-order valence-corrected chi connectivity index (χ1v) is 7.39. The Bertz CT molecular complexity index is 443. The number of anilines is 1. The molecular weight excluding hydrogens is 308 g/mol. The molecule has 1 amide bonds. The third-order valence-electron chi connectivity index (χ3n) is 3.52. The van der Waals surface area contributed by atoms with E-state index in [2.05, 4.69) is 15.9 Å². The Hall–Kier alpha value is -1.07. The molecule has 1 aromatic carbocycles. The number of carbonyl (C=O) groups is 1. The highest BCUT2D eigenvalue weighted by Gasteiger charge is 2.27. The van der Waals surface area contributed by atoms with Crippen LogP contribution in [0.2, 0.25) is 0 Å². The maximum atomic E-state index is 12.6. The Morgan fingerprint density at radius 1 is 1.42 bits per heavy atom. The molecule has 1 aliphatic rings. The number of aliphatic hydroxyl groups is 1. The molecule has 1 atom stereocenters. The van der Waals surface area contributed by atoms with E-state index in [1.54, 1.807) is 18.2 Å². The lowest BCUT2D eigenvalue weighted by molar-refractivity contribution is 0.0574. The Morgan fingerprint density at radius 3 is 2.89 bits per heavy atom. The monoisotopic (exact) mass is 326 g/mol. The predicted octanol–water partition coefficient (Wildman–Crippen LogP) is 2.41. The van der Waals surface area contributed by atoms with Crippen LogP contribution >= 0.6 is 15.9 Å². The van der Waals surface area contributed by atoms with E-state index in [0.717, 1.165) is 30.3 Å². The quantitative estimate of drug-likeness (QED) is 0.838. The molecule has 1 aromatic rings. The lowest BCUT2D eigenvalue weighted by atomic mass is 9.98. The summed E-state index contributed by atoms with van der Waals surface area (Å²) in [5.41, 5.74) is 6.96. The molecule has 1 saturated heterocycles. The van der Waals surface area contributed by atoms with Gasteiger partial charge in [0.1, 0.15) is 0 Å². The fourth-order valence-corrected chi connectivity index (χ4v) is 3.13. The average molecular weight is 327 g/mol. The van der Waals surface area contributed by atoms with Gasteiger partial charge in [0.15, 0.2) is 0 Å². The molecule has 0 aliphatic carbocycles. The number of hydrogen-bond acceptors (Lipinski definition) is 3. The smallest absolute Gasteiger partial charge is 0.254 e. The number of rotatable bonds is 3. The topological polar surface area (TPSA) is 66.6 Å². The van der Waals surface area contributed by atoms with Crippen LogP contribution in [0.25, 0.3) is 0 Å². The molecule has 1 unspecified atom stereocenters. The number of likely N-dealkylation sites (tertiary alicyclic amines) is 1. The van der Waals surface area contributed by atoms with Crippen LogP contribution in [0.3, 0.4) is 0 Å². The van der Waals surface area contributed by atoms with Gasteiger partial charge in [0.25, 0.3) is 5.91 Å². The summed E-state index contributed by atoms with van der Waals surface area (Å²) in [4.78, 5) is 14.4. The third-order valence-corrected chi connectivity index (χ3v) is 3.98. The van der Waals surface area contributed by atoms with Gasteiger partial charge in [0.05, 0.1) is 0 Å². The molecule has 0 saturated carbocycles. The van der Waals surface area contributed by atoms with Crippen molar-refractivity contribution in [1.29, 1.82) is 0 Å². The van der Waals surface area contributed by atoms with Gasteiger partial charge in [-0.2, -0.15) is 0 Å². The summed E-state index contributed by atoms with van der Waals surface area (Å²) in [5.74, 6) is 0.00569. The second-order valence-electron chi connectivity index (χ2n) is 4.93. The highest BCUT2D eigenvalue weighted by Crippen LogP contribution is 2.24. The number of hydrogen-bond donors (Lipinski definition) is 2. The van der Waals surface area contributed by atoms with E-state index in [1.807, 2.05) is 4.90 Å². The van der Waals surface area contributed by atoms with Crippen LogP contribution in [0, 0.1) is 0 Å². The number of piperidine rings is 1. The number of nitrogens with two attached hydrogens (primary N) is 1. The number of carbonyl (C=O) groups excluding carboxylic acids is 1. The zero-order valence-electron chi connectivity index (χ0n) is 10.8. The Balaban J connectivity index is 2.20. The lowest BCUT2D eigenvalue weighted by Gasteiger charge is -2.35. The van der Waals surface area contributed by atoms with Crippen LogP contribution in [-0.4, -0.2) is 35.1 Å². The summed E-state index contributed by atoms with van der Waals surface area (Å²) < 4.78 is 0.812. The molecular formula is C14H19BrN2O2. The van der Waals surface area contributed by atoms with E-state index < -0.39 is 0 Å². The minimum Gasteiger partial charge on any atom is -0.399 e. The van der Waals surface area contributed by atoms with Crippen molar-refractivity contribution in [3.05, 3.63) is 28.2 Å². The zero-order valence-corrected chi connectivity index (χ0v) is 12.4. The molecule has 5 heteroatoms. The van der Waals surface area contributed by atoms with E-state index in [9.17, 15) is 4.79 Å². The number of benzene rings is 1. The fraction of sp³-hybridized carbons (Fsp3) is 0.500. The van der Waals surface area contributed by atoms with Crippen molar-refractivity contribution in [2.45, 2.75) is 31.7 Å². The predicted molar refractivity (Wildman–Crippen MR) is 78.9 cm³/mol. The zero-order chi connectivity index (χ0) is 13.8. The van der Waals surface area contributed by atoms with E-state index in [0.29, 0.717) is 17.7 Å². The van der Waals surface area contributed by atoms with Crippen molar-refractivity contribution in [3.8, 4) is 0 Å². The third kappa shape index (κ3) is 3.48. The van der Waals surface area contributed by atoms with Crippen LogP contribution in [-0.2, 0) is 0 Å². The molecule has 19 heavy (non-hydrogen) atoms. The molecule has 4 nitrogen and oxygen atoms in total. The van der Waals surface area contributed by atoms with E-state index in [4.69, 9.17) is 10.8 Å². The highest BCUT2D eigenvalue weighted by atomic mass is 79.9. The summed E-state index contributed by atoms with van der Waals surface area (Å²) in [5, 5.41) is 9.11. The molecule has 0 spiro atoms. The van der Waals surface area contributed by atoms with E-state index in [-0.39, 0.29) is 18.6 Å². The van der Waals surface area contributed by atoms with Gasteiger partial charge >= 0.3 is 0 Å². The van der Waals surface area contributed by atoms with Crippen LogP contribution in [0.1, 0.15) is 36.0 Å². The molecule has 1 aliphatic heterocycles. The number of amides is 1. The Kier molecular flexibility index (Phi) is 4.82. The fourth-order valence-electron chi connectivity index (χ4n) is 2.62. The van der Waals surface area contributed by atoms with Crippen LogP contribution in [0.4, 0.5) is 5.69 Å². The first-order valence-electron chi connectivity index (χ1n) is 6.59. The molecule has 0 radical (unpaired) electrons.